The minimum Gasteiger partial charge on any atom is -0.0654 e. The first kappa shape index (κ1) is 10.5. The van der Waals surface area contributed by atoms with Crippen LogP contribution >= 0.6 is 0 Å². The number of hydrogen-bond acceptors (Lipinski definition) is 0. The molecule has 0 spiro atoms. The summed E-state index contributed by atoms with van der Waals surface area (Å²) in [5.74, 6) is 5.41. The van der Waals surface area contributed by atoms with Crippen molar-refractivity contribution in [1.82, 2.24) is 0 Å². The fourth-order valence-corrected chi connectivity index (χ4v) is 3.51. The Kier molecular flexibility index (Phi) is 3.19. The van der Waals surface area contributed by atoms with Gasteiger partial charge < -0.3 is 0 Å². The highest BCUT2D eigenvalue weighted by Crippen LogP contribution is 2.53. The van der Waals surface area contributed by atoms with Crippen LogP contribution in [0.25, 0.3) is 0 Å². The Hall–Kier alpha value is 0. The van der Waals surface area contributed by atoms with E-state index in [4.69, 9.17) is 0 Å². The molecule has 0 bridgehead atoms. The second-order valence-corrected chi connectivity index (χ2v) is 5.88. The molecule has 0 aromatic heterocycles. The minimum atomic E-state index is 1.04. The van der Waals surface area contributed by atoms with Crippen molar-refractivity contribution in [2.24, 2.45) is 29.6 Å². The summed E-state index contributed by atoms with van der Waals surface area (Å²) in [6, 6.07) is 0. The Morgan fingerprint density at radius 3 is 2.36 bits per heavy atom. The Morgan fingerprint density at radius 1 is 1.21 bits per heavy atom. The van der Waals surface area contributed by atoms with Crippen LogP contribution in [-0.2, 0) is 0 Å². The maximum absolute atomic E-state index is 2.52. The molecule has 0 aliphatic heterocycles. The van der Waals surface area contributed by atoms with Gasteiger partial charge in [-0.1, -0.05) is 40.0 Å². The molecule has 0 N–H and O–H groups in total. The van der Waals surface area contributed by atoms with Gasteiger partial charge in [0.25, 0.3) is 0 Å². The van der Waals surface area contributed by atoms with Crippen molar-refractivity contribution in [3.8, 4) is 0 Å². The van der Waals surface area contributed by atoms with Gasteiger partial charge >= 0.3 is 0 Å². The van der Waals surface area contributed by atoms with E-state index < -0.39 is 0 Å². The normalized spacial score (nSPS) is 43.1. The second-order valence-electron chi connectivity index (χ2n) is 5.88. The lowest BCUT2D eigenvalue weighted by molar-refractivity contribution is 0.0882. The van der Waals surface area contributed by atoms with Crippen LogP contribution in [0.15, 0.2) is 0 Å². The molecule has 0 aromatic carbocycles. The van der Waals surface area contributed by atoms with Crippen LogP contribution in [0.2, 0.25) is 0 Å². The highest BCUT2D eigenvalue weighted by molar-refractivity contribution is 4.94. The zero-order valence-electron chi connectivity index (χ0n) is 10.1. The van der Waals surface area contributed by atoms with E-state index in [0.717, 1.165) is 29.6 Å². The molecule has 5 unspecified atom stereocenters. The molecule has 2 fully saturated rings. The number of rotatable bonds is 5. The summed E-state index contributed by atoms with van der Waals surface area (Å²) < 4.78 is 0. The summed E-state index contributed by atoms with van der Waals surface area (Å²) in [5, 5.41) is 0. The van der Waals surface area contributed by atoms with E-state index in [9.17, 15) is 0 Å². The molecule has 82 valence electrons. The zero-order valence-corrected chi connectivity index (χ0v) is 10.1. The highest BCUT2D eigenvalue weighted by Gasteiger charge is 2.44. The van der Waals surface area contributed by atoms with Crippen LogP contribution in [-0.4, -0.2) is 0 Å². The van der Waals surface area contributed by atoms with Gasteiger partial charge in [-0.2, -0.15) is 0 Å². The van der Waals surface area contributed by atoms with Gasteiger partial charge in [0, 0.05) is 0 Å². The van der Waals surface area contributed by atoms with Gasteiger partial charge in [0.05, 0.1) is 0 Å². The van der Waals surface area contributed by atoms with Crippen LogP contribution in [0.4, 0.5) is 0 Å². The monoisotopic (exact) mass is 194 g/mol. The molecule has 0 nitrogen and oxygen atoms in total. The Labute approximate surface area is 89.5 Å². The van der Waals surface area contributed by atoms with Crippen molar-refractivity contribution < 1.29 is 0 Å². The SMILES string of the molecule is CCCCC1CCC1C(C)C1CC1C. The van der Waals surface area contributed by atoms with E-state index in [-0.39, 0.29) is 0 Å². The van der Waals surface area contributed by atoms with Gasteiger partial charge in [0.2, 0.25) is 0 Å². The summed E-state index contributed by atoms with van der Waals surface area (Å²) in [7, 11) is 0. The van der Waals surface area contributed by atoms with Crippen LogP contribution in [0, 0.1) is 29.6 Å². The molecule has 2 aliphatic rings. The lowest BCUT2D eigenvalue weighted by atomic mass is 9.64. The van der Waals surface area contributed by atoms with Gasteiger partial charge in [-0.25, -0.2) is 0 Å². The predicted molar refractivity (Wildman–Crippen MR) is 62.2 cm³/mol. The van der Waals surface area contributed by atoms with Crippen molar-refractivity contribution >= 4 is 0 Å². The van der Waals surface area contributed by atoms with Gasteiger partial charge in [-0.15, -0.1) is 0 Å². The van der Waals surface area contributed by atoms with Crippen molar-refractivity contribution in [2.75, 3.05) is 0 Å². The fourth-order valence-electron chi connectivity index (χ4n) is 3.51. The molecule has 5 atom stereocenters. The first-order valence-electron chi connectivity index (χ1n) is 6.74. The molecule has 2 saturated carbocycles. The summed E-state index contributed by atoms with van der Waals surface area (Å²) in [6.45, 7) is 7.28. The van der Waals surface area contributed by atoms with Crippen molar-refractivity contribution in [3.05, 3.63) is 0 Å². The highest BCUT2D eigenvalue weighted by atomic mass is 14.5. The number of hydrogen-bond donors (Lipinski definition) is 0. The van der Waals surface area contributed by atoms with Crippen molar-refractivity contribution in [1.29, 1.82) is 0 Å². The van der Waals surface area contributed by atoms with Crippen LogP contribution in [0.5, 0.6) is 0 Å². The Morgan fingerprint density at radius 2 is 1.93 bits per heavy atom. The molecular formula is C14H26. The van der Waals surface area contributed by atoms with E-state index in [1.165, 1.54) is 32.1 Å². The molecule has 0 aromatic rings. The van der Waals surface area contributed by atoms with E-state index in [0.29, 0.717) is 0 Å². The zero-order chi connectivity index (χ0) is 10.1. The van der Waals surface area contributed by atoms with Gasteiger partial charge in [-0.3, -0.25) is 0 Å². The average Bonchev–Trinajstić information content (AvgIpc) is 2.81. The van der Waals surface area contributed by atoms with Gasteiger partial charge in [0.1, 0.15) is 0 Å². The van der Waals surface area contributed by atoms with Gasteiger partial charge in [0.15, 0.2) is 0 Å². The van der Waals surface area contributed by atoms with Gasteiger partial charge in [-0.05, 0) is 48.9 Å². The quantitative estimate of drug-likeness (QED) is 0.604. The predicted octanol–water partition coefficient (Wildman–Crippen LogP) is 4.49. The fraction of sp³-hybridized carbons (Fsp3) is 1.00. The van der Waals surface area contributed by atoms with E-state index in [1.807, 2.05) is 0 Å². The summed E-state index contributed by atoms with van der Waals surface area (Å²) >= 11 is 0. The summed E-state index contributed by atoms with van der Waals surface area (Å²) in [5.41, 5.74) is 0. The van der Waals surface area contributed by atoms with Crippen molar-refractivity contribution in [3.63, 3.8) is 0 Å². The van der Waals surface area contributed by atoms with Crippen molar-refractivity contribution in [2.45, 2.75) is 59.3 Å². The Balaban J connectivity index is 1.74. The first-order valence-corrected chi connectivity index (χ1v) is 6.74. The van der Waals surface area contributed by atoms with E-state index in [2.05, 4.69) is 20.8 Å². The lowest BCUT2D eigenvalue weighted by Crippen LogP contribution is -2.32. The third-order valence-electron chi connectivity index (χ3n) is 4.93. The van der Waals surface area contributed by atoms with E-state index in [1.54, 1.807) is 6.42 Å². The molecule has 0 saturated heterocycles. The topological polar surface area (TPSA) is 0 Å². The maximum atomic E-state index is 2.52. The third-order valence-corrected chi connectivity index (χ3v) is 4.93. The molecule has 0 amide bonds. The average molecular weight is 194 g/mol. The molecule has 0 heterocycles. The Bertz CT molecular complexity index is 184. The lowest BCUT2D eigenvalue weighted by Gasteiger charge is -2.41. The van der Waals surface area contributed by atoms with Crippen LogP contribution in [0.3, 0.4) is 0 Å². The van der Waals surface area contributed by atoms with E-state index >= 15 is 0 Å². The standard InChI is InChI=1S/C14H26/c1-4-5-6-12-7-8-13(12)11(3)14-9-10(14)2/h10-14H,4-9H2,1-3H3. The first-order chi connectivity index (χ1) is 6.74. The third kappa shape index (κ3) is 1.99. The summed E-state index contributed by atoms with van der Waals surface area (Å²) in [4.78, 5) is 0. The van der Waals surface area contributed by atoms with Crippen LogP contribution in [0.1, 0.15) is 59.3 Å². The van der Waals surface area contributed by atoms with Crippen LogP contribution < -0.4 is 0 Å². The molecule has 2 aliphatic carbocycles. The largest absolute Gasteiger partial charge is 0.0654 e. The molecule has 0 heteroatoms. The molecule has 2 rings (SSSR count). The second kappa shape index (κ2) is 4.24. The smallest absolute Gasteiger partial charge is 0.0357 e. The maximum Gasteiger partial charge on any atom is -0.0357 e. The minimum absolute atomic E-state index is 1.04. The molecule has 0 radical (unpaired) electrons. The number of unbranched alkanes of at least 4 members (excludes halogenated alkanes) is 1. The molecule has 14 heavy (non-hydrogen) atoms. The summed E-state index contributed by atoms with van der Waals surface area (Å²) in [6.07, 6.45) is 8.98. The molecular weight excluding hydrogens is 168 g/mol.